The molecule has 0 saturated heterocycles. The largest absolute Gasteiger partial charge is 0.540 e. The number of hydrogen-bond acceptors (Lipinski definition) is 7. The molecule has 8 heteroatoms. The second-order valence-electron chi connectivity index (χ2n) is 7.42. The number of benzene rings is 1. The summed E-state index contributed by atoms with van der Waals surface area (Å²) in [6.45, 7) is 7.10. The van der Waals surface area contributed by atoms with E-state index in [1.807, 2.05) is 0 Å². The summed E-state index contributed by atoms with van der Waals surface area (Å²) in [7, 11) is 1.54. The highest BCUT2D eigenvalue weighted by atomic mass is 16.6. The molecule has 1 amide bonds. The van der Waals surface area contributed by atoms with E-state index in [1.54, 1.807) is 27.7 Å². The Kier molecular flexibility index (Phi) is 6.16. The normalized spacial score (nSPS) is 19.8. The summed E-state index contributed by atoms with van der Waals surface area (Å²) in [4.78, 5) is 24.8. The van der Waals surface area contributed by atoms with Gasteiger partial charge in [0, 0.05) is 19.3 Å². The molecule has 1 N–H and O–H groups in total. The number of carboxylic acids is 1. The van der Waals surface area contributed by atoms with Crippen LogP contribution >= 0.6 is 0 Å². The third-order valence-electron chi connectivity index (χ3n) is 3.90. The van der Waals surface area contributed by atoms with Gasteiger partial charge in [0.15, 0.2) is 17.1 Å². The Morgan fingerprint density at radius 2 is 1.96 bits per heavy atom. The highest BCUT2D eigenvalue weighted by molar-refractivity contribution is 6.02. The second kappa shape index (κ2) is 8.04. The van der Waals surface area contributed by atoms with Crippen LogP contribution in [0.25, 0.3) is 0 Å². The Balaban J connectivity index is 2.59. The van der Waals surface area contributed by atoms with Gasteiger partial charge in [-0.15, -0.1) is 4.48 Å². The fourth-order valence-corrected chi connectivity index (χ4v) is 2.83. The van der Waals surface area contributed by atoms with Crippen molar-refractivity contribution in [2.24, 2.45) is 0 Å². The summed E-state index contributed by atoms with van der Waals surface area (Å²) in [5, 5.41) is 22.2. The fourth-order valence-electron chi connectivity index (χ4n) is 2.83. The molecule has 0 fully saturated rings. The molecule has 1 heterocycles. The molecular weight excluding hydrogens is 366 g/mol. The van der Waals surface area contributed by atoms with Crippen LogP contribution in [0.4, 0.5) is 10.5 Å². The zero-order valence-corrected chi connectivity index (χ0v) is 16.6. The third kappa shape index (κ3) is 4.35. The molecule has 0 radical (unpaired) electrons. The van der Waals surface area contributed by atoms with Crippen LogP contribution in [0.15, 0.2) is 42.2 Å². The monoisotopic (exact) mass is 391 g/mol. The van der Waals surface area contributed by atoms with Crippen LogP contribution in [-0.2, 0) is 14.3 Å². The average Bonchev–Trinajstić information content (AvgIpc) is 3.01. The Morgan fingerprint density at radius 1 is 1.29 bits per heavy atom. The first kappa shape index (κ1) is 21.5. The van der Waals surface area contributed by atoms with Crippen molar-refractivity contribution < 1.29 is 34.0 Å². The second-order valence-corrected chi connectivity index (χ2v) is 7.42. The summed E-state index contributed by atoms with van der Waals surface area (Å²) < 4.78 is 15.2. The number of aliphatic carboxylic acids is 1. The van der Waals surface area contributed by atoms with Crippen LogP contribution in [-0.4, -0.2) is 42.6 Å². The first-order valence-electron chi connectivity index (χ1n) is 8.74. The van der Waals surface area contributed by atoms with Gasteiger partial charge in [0.05, 0.1) is 6.61 Å². The van der Waals surface area contributed by atoms with Crippen molar-refractivity contribution in [3.63, 3.8) is 0 Å². The van der Waals surface area contributed by atoms with E-state index in [2.05, 4.69) is 0 Å². The van der Waals surface area contributed by atoms with Crippen LogP contribution in [0, 0.1) is 0 Å². The molecule has 0 saturated carbocycles. The van der Waals surface area contributed by atoms with E-state index in [0.29, 0.717) is 12.4 Å². The van der Waals surface area contributed by atoms with E-state index in [4.69, 9.17) is 14.2 Å². The molecule has 1 aliphatic heterocycles. The summed E-state index contributed by atoms with van der Waals surface area (Å²) in [5.41, 5.74) is -1.29. The molecule has 1 aromatic carbocycles. The number of allylic oxidation sites excluding steroid dienone is 2. The van der Waals surface area contributed by atoms with Crippen LogP contribution in [0.1, 0.15) is 27.7 Å². The summed E-state index contributed by atoms with van der Waals surface area (Å²) >= 11 is 0. The predicted octanol–water partition coefficient (Wildman–Crippen LogP) is 2.21. The van der Waals surface area contributed by atoms with Crippen molar-refractivity contribution >= 4 is 17.7 Å². The van der Waals surface area contributed by atoms with Crippen molar-refractivity contribution in [3.8, 4) is 11.5 Å². The maximum Gasteiger partial charge on any atom is 0.531 e. The van der Waals surface area contributed by atoms with Crippen molar-refractivity contribution in [2.45, 2.75) is 39.4 Å². The number of carboxylic acid groups (broad SMARTS) is 1. The number of carbonyl (C=O) groups excluding carboxylic acids is 2. The van der Waals surface area contributed by atoms with E-state index in [-0.39, 0.29) is 23.2 Å². The SMILES string of the molecule is COC[C@H](C)Oc1ccc(O)c([N+]2(C(=O)OC(C)(C)C)C=CC=C2C(=O)[O-])c1. The minimum absolute atomic E-state index is 0.0273. The van der Waals surface area contributed by atoms with Crippen molar-refractivity contribution in [2.75, 3.05) is 13.7 Å². The van der Waals surface area contributed by atoms with Gasteiger partial charge in [-0.3, -0.25) is 0 Å². The Hall–Kier alpha value is -2.84. The number of hydrogen-bond donors (Lipinski definition) is 1. The van der Waals surface area contributed by atoms with Crippen LogP contribution in [0.5, 0.6) is 11.5 Å². The minimum Gasteiger partial charge on any atom is -0.540 e. The lowest BCUT2D eigenvalue weighted by Gasteiger charge is -2.33. The number of phenols is 1. The number of quaternary nitrogens is 1. The Bertz CT molecular complexity index is 822. The third-order valence-corrected chi connectivity index (χ3v) is 3.90. The maximum absolute atomic E-state index is 13.1. The summed E-state index contributed by atoms with van der Waals surface area (Å²) in [6, 6.07) is 4.24. The molecule has 1 aliphatic rings. The number of ether oxygens (including phenoxy) is 3. The van der Waals surface area contributed by atoms with E-state index in [9.17, 15) is 19.8 Å². The van der Waals surface area contributed by atoms with Gasteiger partial charge in [-0.05, 0) is 45.9 Å². The lowest BCUT2D eigenvalue weighted by atomic mass is 10.2. The molecule has 0 spiro atoms. The number of amides is 1. The molecule has 1 unspecified atom stereocenters. The first-order chi connectivity index (χ1) is 13.0. The number of phenolic OH excluding ortho intramolecular Hbond substituents is 1. The van der Waals surface area contributed by atoms with Gasteiger partial charge in [-0.2, -0.15) is 4.79 Å². The summed E-state index contributed by atoms with van der Waals surface area (Å²) in [5.74, 6) is -1.53. The highest BCUT2D eigenvalue weighted by Gasteiger charge is 2.50. The standard InChI is InChI=1S/C20H25NO7/c1-13(12-26-5)27-14-8-9-17(22)16(11-14)21(19(25)28-20(2,3)4)10-6-7-15(21)18(23)24/h6-11,13H,12H2,1-5H3,(H-,22,23,24)/t13-,21?/m0/s1. The van der Waals surface area contributed by atoms with Crippen molar-refractivity contribution in [1.82, 2.24) is 4.48 Å². The molecule has 0 aliphatic carbocycles. The highest BCUT2D eigenvalue weighted by Crippen LogP contribution is 2.43. The number of nitrogens with zero attached hydrogens (tertiary/aromatic N) is 1. The van der Waals surface area contributed by atoms with Crippen molar-refractivity contribution in [1.29, 1.82) is 0 Å². The minimum atomic E-state index is -1.56. The molecular formula is C20H25NO7. The lowest BCUT2D eigenvalue weighted by Crippen LogP contribution is -2.53. The zero-order valence-electron chi connectivity index (χ0n) is 16.6. The quantitative estimate of drug-likeness (QED) is 0.741. The van der Waals surface area contributed by atoms with Gasteiger partial charge in [0.25, 0.3) is 0 Å². The van der Waals surface area contributed by atoms with E-state index >= 15 is 0 Å². The number of aromatic hydroxyl groups is 1. The van der Waals surface area contributed by atoms with Crippen LogP contribution in [0.2, 0.25) is 0 Å². The first-order valence-corrected chi connectivity index (χ1v) is 8.74. The topological polar surface area (TPSA) is 105 Å². The molecule has 0 aromatic heterocycles. The number of carbonyl (C=O) groups is 2. The van der Waals surface area contributed by atoms with E-state index in [0.717, 1.165) is 0 Å². The maximum atomic E-state index is 13.1. The molecule has 152 valence electrons. The van der Waals surface area contributed by atoms with Gasteiger partial charge in [-0.25, -0.2) is 0 Å². The van der Waals surface area contributed by atoms with Gasteiger partial charge in [0.1, 0.15) is 29.6 Å². The molecule has 8 nitrogen and oxygen atoms in total. The number of methoxy groups -OCH3 is 1. The number of rotatable bonds is 6. The van der Waals surface area contributed by atoms with Gasteiger partial charge < -0.3 is 29.2 Å². The van der Waals surface area contributed by atoms with Gasteiger partial charge in [0.2, 0.25) is 0 Å². The van der Waals surface area contributed by atoms with Crippen LogP contribution in [0.3, 0.4) is 0 Å². The fraction of sp³-hybridized carbons (Fsp3) is 0.400. The Labute approximate surface area is 163 Å². The van der Waals surface area contributed by atoms with Crippen LogP contribution < -0.4 is 14.3 Å². The van der Waals surface area contributed by atoms with Gasteiger partial charge in [-0.1, -0.05) is 0 Å². The smallest absolute Gasteiger partial charge is 0.531 e. The predicted molar refractivity (Wildman–Crippen MR) is 100 cm³/mol. The molecule has 0 bridgehead atoms. The van der Waals surface area contributed by atoms with E-state index in [1.165, 1.54) is 43.7 Å². The molecule has 1 aromatic rings. The average molecular weight is 391 g/mol. The van der Waals surface area contributed by atoms with Gasteiger partial charge >= 0.3 is 6.09 Å². The summed E-state index contributed by atoms with van der Waals surface area (Å²) in [6.07, 6.45) is 2.75. The van der Waals surface area contributed by atoms with E-state index < -0.39 is 22.1 Å². The molecule has 28 heavy (non-hydrogen) atoms. The van der Waals surface area contributed by atoms with Crippen molar-refractivity contribution in [3.05, 3.63) is 42.2 Å². The Morgan fingerprint density at radius 3 is 2.54 bits per heavy atom. The molecule has 2 atom stereocenters. The lowest BCUT2D eigenvalue weighted by molar-refractivity contribution is -0.300. The molecule has 2 rings (SSSR count). The zero-order chi connectivity index (χ0) is 21.1.